The number of nitrogens with zero attached hydrogens (tertiary/aromatic N) is 1. The van der Waals surface area contributed by atoms with Gasteiger partial charge in [0, 0.05) is 10.7 Å². The monoisotopic (exact) mass is 315 g/mol. The molecule has 0 fully saturated rings. The number of aromatic carboxylic acids is 1. The highest BCUT2D eigenvalue weighted by molar-refractivity contribution is 6.31. The van der Waals surface area contributed by atoms with Crippen molar-refractivity contribution in [2.45, 2.75) is 6.92 Å². The highest BCUT2D eigenvalue weighted by atomic mass is 35.5. The lowest BCUT2D eigenvalue weighted by molar-refractivity contribution is -0.113. The van der Waals surface area contributed by atoms with Crippen LogP contribution in [0.1, 0.15) is 15.9 Å². The van der Waals surface area contributed by atoms with Gasteiger partial charge in [-0.3, -0.25) is 9.69 Å². The van der Waals surface area contributed by atoms with Crippen molar-refractivity contribution in [3.8, 4) is 0 Å². The lowest BCUT2D eigenvalue weighted by atomic mass is 10.1. The molecule has 0 radical (unpaired) electrons. The standard InChI is InChI=1S/C17H14ClNO3/c1-3-16(20)19(13-6-4-5-11(2)9-13)15-8-7-12(18)10-14(15)17(21)22/h3-10H,1H2,2H3,(H,21,22). The van der Waals surface area contributed by atoms with Crippen LogP contribution in [-0.2, 0) is 4.79 Å². The summed E-state index contributed by atoms with van der Waals surface area (Å²) in [6.07, 6.45) is 1.14. The summed E-state index contributed by atoms with van der Waals surface area (Å²) in [6, 6.07) is 11.6. The van der Waals surface area contributed by atoms with Crippen molar-refractivity contribution >= 4 is 34.9 Å². The first kappa shape index (κ1) is 15.8. The number of benzene rings is 2. The highest BCUT2D eigenvalue weighted by Crippen LogP contribution is 2.31. The third kappa shape index (κ3) is 3.18. The van der Waals surface area contributed by atoms with Gasteiger partial charge in [-0.15, -0.1) is 0 Å². The first-order chi connectivity index (χ1) is 10.4. The van der Waals surface area contributed by atoms with Crippen molar-refractivity contribution in [3.63, 3.8) is 0 Å². The van der Waals surface area contributed by atoms with E-state index in [0.29, 0.717) is 5.69 Å². The molecule has 1 N–H and O–H groups in total. The van der Waals surface area contributed by atoms with Gasteiger partial charge >= 0.3 is 5.97 Å². The molecule has 2 rings (SSSR count). The third-order valence-corrected chi connectivity index (χ3v) is 3.32. The first-order valence-corrected chi connectivity index (χ1v) is 6.88. The molecule has 112 valence electrons. The molecule has 0 saturated carbocycles. The number of halogens is 1. The Morgan fingerprint density at radius 3 is 2.55 bits per heavy atom. The summed E-state index contributed by atoms with van der Waals surface area (Å²) in [4.78, 5) is 25.0. The minimum Gasteiger partial charge on any atom is -0.478 e. The molecule has 1 amide bonds. The minimum atomic E-state index is -1.16. The van der Waals surface area contributed by atoms with Crippen molar-refractivity contribution in [3.05, 3.63) is 71.3 Å². The van der Waals surface area contributed by atoms with E-state index in [2.05, 4.69) is 6.58 Å². The Balaban J connectivity index is 2.68. The number of carboxylic acids is 1. The maximum atomic E-state index is 12.3. The number of hydrogen-bond acceptors (Lipinski definition) is 2. The van der Waals surface area contributed by atoms with Gasteiger partial charge in [0.1, 0.15) is 0 Å². The molecular formula is C17H14ClNO3. The summed E-state index contributed by atoms with van der Waals surface area (Å²) in [7, 11) is 0. The van der Waals surface area contributed by atoms with Gasteiger partial charge in [0.15, 0.2) is 0 Å². The van der Waals surface area contributed by atoms with E-state index < -0.39 is 11.9 Å². The summed E-state index contributed by atoms with van der Waals surface area (Å²) in [6.45, 7) is 5.37. The number of amides is 1. The van der Waals surface area contributed by atoms with Gasteiger partial charge in [-0.05, 0) is 48.9 Å². The van der Waals surface area contributed by atoms with Crippen LogP contribution < -0.4 is 4.90 Å². The summed E-state index contributed by atoms with van der Waals surface area (Å²) in [5.41, 5.74) is 1.71. The quantitative estimate of drug-likeness (QED) is 0.860. The van der Waals surface area contributed by atoms with Gasteiger partial charge in [0.25, 0.3) is 5.91 Å². The van der Waals surface area contributed by atoms with E-state index in [1.54, 1.807) is 24.3 Å². The maximum Gasteiger partial charge on any atom is 0.337 e. The molecule has 0 unspecified atom stereocenters. The Hall–Kier alpha value is -2.59. The van der Waals surface area contributed by atoms with E-state index in [0.717, 1.165) is 11.6 Å². The molecule has 0 aliphatic heterocycles. The normalized spacial score (nSPS) is 10.1. The second-order valence-electron chi connectivity index (χ2n) is 4.68. The molecule has 0 atom stereocenters. The zero-order valence-corrected chi connectivity index (χ0v) is 12.7. The Labute approximate surface area is 133 Å². The van der Waals surface area contributed by atoms with Gasteiger partial charge in [0.2, 0.25) is 0 Å². The lowest BCUT2D eigenvalue weighted by Gasteiger charge is -2.23. The van der Waals surface area contributed by atoms with E-state index in [-0.39, 0.29) is 16.3 Å². The molecule has 2 aromatic carbocycles. The van der Waals surface area contributed by atoms with Crippen molar-refractivity contribution in [2.75, 3.05) is 4.90 Å². The summed E-state index contributed by atoms with van der Waals surface area (Å²) >= 11 is 5.86. The molecule has 5 heteroatoms. The van der Waals surface area contributed by atoms with E-state index in [1.165, 1.54) is 17.0 Å². The molecule has 0 aliphatic rings. The zero-order chi connectivity index (χ0) is 16.3. The van der Waals surface area contributed by atoms with Crippen LogP contribution in [0.3, 0.4) is 0 Å². The SMILES string of the molecule is C=CC(=O)N(c1cccc(C)c1)c1ccc(Cl)cc1C(=O)O. The fraction of sp³-hybridized carbons (Fsp3) is 0.0588. The summed E-state index contributed by atoms with van der Waals surface area (Å²) < 4.78 is 0. The number of carboxylic acid groups (broad SMARTS) is 1. The highest BCUT2D eigenvalue weighted by Gasteiger charge is 2.22. The van der Waals surface area contributed by atoms with Gasteiger partial charge in [0.05, 0.1) is 11.3 Å². The Morgan fingerprint density at radius 1 is 1.23 bits per heavy atom. The molecule has 2 aromatic rings. The maximum absolute atomic E-state index is 12.3. The van der Waals surface area contributed by atoms with Crippen molar-refractivity contribution in [1.29, 1.82) is 0 Å². The number of rotatable bonds is 4. The van der Waals surface area contributed by atoms with Gasteiger partial charge in [-0.1, -0.05) is 30.3 Å². The Bertz CT molecular complexity index is 755. The predicted molar refractivity (Wildman–Crippen MR) is 86.9 cm³/mol. The first-order valence-electron chi connectivity index (χ1n) is 6.50. The molecule has 0 spiro atoms. The van der Waals surface area contributed by atoms with Gasteiger partial charge in [-0.25, -0.2) is 4.79 Å². The Morgan fingerprint density at radius 2 is 1.95 bits per heavy atom. The second-order valence-corrected chi connectivity index (χ2v) is 5.12. The lowest BCUT2D eigenvalue weighted by Crippen LogP contribution is -2.25. The number of carbonyl (C=O) groups is 2. The van der Waals surface area contributed by atoms with Crippen LogP contribution in [0.2, 0.25) is 5.02 Å². The van der Waals surface area contributed by atoms with Crippen molar-refractivity contribution < 1.29 is 14.7 Å². The van der Waals surface area contributed by atoms with Crippen LogP contribution >= 0.6 is 11.6 Å². The molecule has 0 aliphatic carbocycles. The zero-order valence-electron chi connectivity index (χ0n) is 11.9. The fourth-order valence-corrected chi connectivity index (χ4v) is 2.29. The largest absolute Gasteiger partial charge is 0.478 e. The van der Waals surface area contributed by atoms with Crippen molar-refractivity contribution in [1.82, 2.24) is 0 Å². The van der Waals surface area contributed by atoms with Crippen molar-refractivity contribution in [2.24, 2.45) is 0 Å². The molecule has 4 nitrogen and oxygen atoms in total. The number of carbonyl (C=O) groups excluding carboxylic acids is 1. The smallest absolute Gasteiger partial charge is 0.337 e. The van der Waals surface area contributed by atoms with E-state index in [9.17, 15) is 14.7 Å². The average molecular weight is 316 g/mol. The Kier molecular flexibility index (Phi) is 4.63. The summed E-state index contributed by atoms with van der Waals surface area (Å²) in [5, 5.41) is 9.66. The minimum absolute atomic E-state index is 0.0517. The number of aryl methyl sites for hydroxylation is 1. The van der Waals surface area contributed by atoms with Crippen LogP contribution in [-0.4, -0.2) is 17.0 Å². The second kappa shape index (κ2) is 6.45. The summed E-state index contributed by atoms with van der Waals surface area (Å²) in [5.74, 6) is -1.58. The van der Waals surface area contributed by atoms with Crippen LogP contribution in [0.5, 0.6) is 0 Å². The molecular weight excluding hydrogens is 302 g/mol. The van der Waals surface area contributed by atoms with E-state index in [4.69, 9.17) is 11.6 Å². The van der Waals surface area contributed by atoms with Gasteiger partial charge in [-0.2, -0.15) is 0 Å². The van der Waals surface area contributed by atoms with Crippen LogP contribution in [0.25, 0.3) is 0 Å². The molecule has 22 heavy (non-hydrogen) atoms. The van der Waals surface area contributed by atoms with Crippen LogP contribution in [0.4, 0.5) is 11.4 Å². The molecule has 0 saturated heterocycles. The third-order valence-electron chi connectivity index (χ3n) is 3.08. The topological polar surface area (TPSA) is 57.6 Å². The fourth-order valence-electron chi connectivity index (χ4n) is 2.12. The number of anilines is 2. The van der Waals surface area contributed by atoms with Crippen LogP contribution in [0.15, 0.2) is 55.1 Å². The predicted octanol–water partition coefficient (Wildman–Crippen LogP) is 4.20. The van der Waals surface area contributed by atoms with E-state index >= 15 is 0 Å². The average Bonchev–Trinajstić information content (AvgIpc) is 2.48. The van der Waals surface area contributed by atoms with E-state index in [1.807, 2.05) is 13.0 Å². The molecule has 0 heterocycles. The van der Waals surface area contributed by atoms with Gasteiger partial charge < -0.3 is 5.11 Å². The molecule has 0 aromatic heterocycles. The molecule has 0 bridgehead atoms. The number of hydrogen-bond donors (Lipinski definition) is 1. The van der Waals surface area contributed by atoms with Crippen LogP contribution in [0, 0.1) is 6.92 Å².